The van der Waals surface area contributed by atoms with Crippen LogP contribution in [0.15, 0.2) is 120 Å². The molecule has 1 unspecified atom stereocenters. The summed E-state index contributed by atoms with van der Waals surface area (Å²) in [5.41, 5.74) is 5.97. The number of hydrogen-bond donors (Lipinski definition) is 1. The molecular formula is C31H32N4O. The summed E-state index contributed by atoms with van der Waals surface area (Å²) >= 11 is 0. The largest absolute Gasteiger partial charge is 0.377 e. The predicted molar refractivity (Wildman–Crippen MR) is 149 cm³/mol. The average Bonchev–Trinajstić information content (AvgIpc) is 2.94. The Hall–Kier alpha value is -4.47. The average molecular weight is 477 g/mol. The highest BCUT2D eigenvalue weighted by molar-refractivity contribution is 6.12. The zero-order valence-electron chi connectivity index (χ0n) is 20.3. The number of nitrogens with zero attached hydrogens (tertiary/aromatic N) is 3. The van der Waals surface area contributed by atoms with E-state index in [9.17, 15) is 4.79 Å². The molecule has 5 nitrogen and oxygen atoms in total. The maximum absolute atomic E-state index is 14.1. The number of carbonyl (C=O) groups is 1. The molecule has 2 heterocycles. The molecule has 0 spiro atoms. The van der Waals surface area contributed by atoms with Crippen molar-refractivity contribution in [2.24, 2.45) is 4.99 Å². The summed E-state index contributed by atoms with van der Waals surface area (Å²) in [6.45, 7) is 7.13. The molecule has 1 atom stereocenters. The van der Waals surface area contributed by atoms with Gasteiger partial charge in [-0.1, -0.05) is 79.4 Å². The molecule has 1 aliphatic rings. The van der Waals surface area contributed by atoms with Crippen molar-refractivity contribution in [1.82, 2.24) is 15.2 Å². The van der Waals surface area contributed by atoms with E-state index in [-0.39, 0.29) is 8.76 Å². The minimum absolute atomic E-state index is 0. The second kappa shape index (κ2) is 10.0. The molecule has 0 saturated carbocycles. The Morgan fingerprint density at radius 3 is 2.56 bits per heavy atom. The molecule has 1 amide bonds. The number of hydrogen-bond acceptors (Lipinski definition) is 4. The van der Waals surface area contributed by atoms with E-state index in [1.54, 1.807) is 11.1 Å². The first-order valence-electron chi connectivity index (χ1n) is 12.0. The molecule has 1 aliphatic heterocycles. The SMILES string of the molecule is C=C=C(CN1C(=O)C(C)(c2ccccc2)CN=C1c1ccccc1)NCc1ccc2ccncc2c1.[HH].[HH]. The maximum atomic E-state index is 14.1. The van der Waals surface area contributed by atoms with Gasteiger partial charge >= 0.3 is 0 Å². The first-order valence-corrected chi connectivity index (χ1v) is 12.0. The van der Waals surface area contributed by atoms with E-state index in [0.29, 0.717) is 25.5 Å². The third kappa shape index (κ3) is 4.57. The number of benzene rings is 3. The van der Waals surface area contributed by atoms with E-state index in [1.165, 1.54) is 0 Å². The second-order valence-electron chi connectivity index (χ2n) is 9.16. The predicted octanol–water partition coefficient (Wildman–Crippen LogP) is 5.73. The molecule has 36 heavy (non-hydrogen) atoms. The van der Waals surface area contributed by atoms with Gasteiger partial charge in [0.25, 0.3) is 0 Å². The fraction of sp³-hybridized carbons (Fsp3) is 0.161. The highest BCUT2D eigenvalue weighted by atomic mass is 16.2. The van der Waals surface area contributed by atoms with Crippen LogP contribution in [0, 0.1) is 0 Å². The molecule has 1 N–H and O–H groups in total. The van der Waals surface area contributed by atoms with Crippen LogP contribution in [-0.4, -0.2) is 34.7 Å². The van der Waals surface area contributed by atoms with Crippen LogP contribution in [0.5, 0.6) is 0 Å². The number of aromatic nitrogens is 1. The molecular weight excluding hydrogens is 444 g/mol. The normalized spacial score (nSPS) is 17.4. The Bertz CT molecular complexity index is 1480. The number of amides is 1. The minimum atomic E-state index is -0.753. The fourth-order valence-electron chi connectivity index (χ4n) is 4.57. The lowest BCUT2D eigenvalue weighted by Gasteiger charge is -2.39. The van der Waals surface area contributed by atoms with Gasteiger partial charge in [-0.25, -0.2) is 0 Å². The van der Waals surface area contributed by atoms with Gasteiger partial charge in [-0.15, -0.1) is 5.73 Å². The third-order valence-corrected chi connectivity index (χ3v) is 6.70. The van der Waals surface area contributed by atoms with E-state index in [1.807, 2.05) is 79.9 Å². The Balaban J connectivity index is 0.00000200. The zero-order chi connectivity index (χ0) is 25.0. The maximum Gasteiger partial charge on any atom is 0.240 e. The molecule has 0 aliphatic carbocycles. The molecule has 5 heteroatoms. The first-order chi connectivity index (χ1) is 17.6. The number of rotatable bonds is 7. The topological polar surface area (TPSA) is 57.6 Å². The Morgan fingerprint density at radius 1 is 1.06 bits per heavy atom. The lowest BCUT2D eigenvalue weighted by molar-refractivity contribution is -0.133. The zero-order valence-corrected chi connectivity index (χ0v) is 20.3. The van der Waals surface area contributed by atoms with Crippen molar-refractivity contribution in [3.8, 4) is 0 Å². The van der Waals surface area contributed by atoms with E-state index in [4.69, 9.17) is 4.99 Å². The summed E-state index contributed by atoms with van der Waals surface area (Å²) in [7, 11) is 0. The molecule has 1 aromatic heterocycles. The van der Waals surface area contributed by atoms with Gasteiger partial charge in [0.1, 0.15) is 5.84 Å². The molecule has 0 fully saturated rings. The smallest absolute Gasteiger partial charge is 0.240 e. The number of carbonyl (C=O) groups excluding carboxylic acids is 1. The Labute approximate surface area is 214 Å². The summed E-state index contributed by atoms with van der Waals surface area (Å²) in [5.74, 6) is 0.675. The molecule has 182 valence electrons. The lowest BCUT2D eigenvalue weighted by Crippen LogP contribution is -2.54. The van der Waals surface area contributed by atoms with Gasteiger partial charge in [-0.3, -0.25) is 19.7 Å². The summed E-state index contributed by atoms with van der Waals surface area (Å²) in [6, 6.07) is 28.0. The number of aliphatic imine (C=N–C) groups is 1. The Kier molecular flexibility index (Phi) is 6.48. The summed E-state index contributed by atoms with van der Waals surface area (Å²) in [5, 5.41) is 5.67. The summed E-state index contributed by atoms with van der Waals surface area (Å²) in [4.78, 5) is 25.0. The highest BCUT2D eigenvalue weighted by Crippen LogP contribution is 2.31. The lowest BCUT2D eigenvalue weighted by atomic mass is 9.79. The van der Waals surface area contributed by atoms with Crippen LogP contribution in [-0.2, 0) is 16.8 Å². The monoisotopic (exact) mass is 476 g/mol. The minimum Gasteiger partial charge on any atom is -0.377 e. The van der Waals surface area contributed by atoms with Crippen molar-refractivity contribution >= 4 is 22.5 Å². The second-order valence-corrected chi connectivity index (χ2v) is 9.16. The standard InChI is InChI=1S/C31H28N4O.2H2/c1-3-28(33-19-23-14-15-24-16-17-32-20-26(24)18-23)21-35-29(25-10-6-4-7-11-25)34-22-31(2,30(35)36)27-12-8-5-9-13-27;;/h4-18,20,33H,1,19,21-22H2,2H3;2*1H. The molecule has 0 bridgehead atoms. The fourth-order valence-corrected chi connectivity index (χ4v) is 4.57. The highest BCUT2D eigenvalue weighted by Gasteiger charge is 2.43. The van der Waals surface area contributed by atoms with Crippen LogP contribution in [0.3, 0.4) is 0 Å². The third-order valence-electron chi connectivity index (χ3n) is 6.70. The van der Waals surface area contributed by atoms with E-state index < -0.39 is 5.41 Å². The van der Waals surface area contributed by atoms with Crippen LogP contribution in [0.4, 0.5) is 0 Å². The van der Waals surface area contributed by atoms with Crippen molar-refractivity contribution < 1.29 is 7.65 Å². The van der Waals surface area contributed by atoms with E-state index in [2.05, 4.69) is 40.8 Å². The van der Waals surface area contributed by atoms with Gasteiger partial charge in [-0.05, 0) is 35.6 Å². The van der Waals surface area contributed by atoms with Crippen LogP contribution >= 0.6 is 0 Å². The Morgan fingerprint density at radius 2 is 1.81 bits per heavy atom. The van der Waals surface area contributed by atoms with Crippen LogP contribution < -0.4 is 5.32 Å². The molecule has 0 saturated heterocycles. The molecule has 0 radical (unpaired) electrons. The van der Waals surface area contributed by atoms with Gasteiger partial charge in [-0.2, -0.15) is 0 Å². The number of amidine groups is 1. The van der Waals surface area contributed by atoms with Gasteiger partial charge in [0.2, 0.25) is 5.91 Å². The number of pyridine rings is 1. The quantitative estimate of drug-likeness (QED) is 0.347. The van der Waals surface area contributed by atoms with Crippen molar-refractivity contribution in [2.45, 2.75) is 18.9 Å². The van der Waals surface area contributed by atoms with Crippen LogP contribution in [0.1, 0.15) is 26.5 Å². The van der Waals surface area contributed by atoms with Crippen molar-refractivity contribution in [2.75, 3.05) is 13.1 Å². The molecule has 4 aromatic rings. The van der Waals surface area contributed by atoms with Crippen molar-refractivity contribution in [3.63, 3.8) is 0 Å². The number of nitrogens with one attached hydrogen (secondary N) is 1. The van der Waals surface area contributed by atoms with Crippen molar-refractivity contribution in [3.05, 3.63) is 132 Å². The van der Waals surface area contributed by atoms with E-state index in [0.717, 1.165) is 33.2 Å². The van der Waals surface area contributed by atoms with Gasteiger partial charge in [0.05, 0.1) is 24.2 Å². The van der Waals surface area contributed by atoms with Crippen LogP contribution in [0.25, 0.3) is 10.8 Å². The number of fused-ring (bicyclic) bond motifs is 1. The molecule has 5 rings (SSSR count). The van der Waals surface area contributed by atoms with Crippen molar-refractivity contribution in [1.29, 1.82) is 0 Å². The van der Waals surface area contributed by atoms with Crippen LogP contribution in [0.2, 0.25) is 0 Å². The van der Waals surface area contributed by atoms with Gasteiger partial charge < -0.3 is 5.32 Å². The van der Waals surface area contributed by atoms with Gasteiger partial charge in [0, 0.05) is 32.7 Å². The molecule has 3 aromatic carbocycles. The summed E-state index contributed by atoms with van der Waals surface area (Å²) in [6.07, 6.45) is 3.66. The van der Waals surface area contributed by atoms with Gasteiger partial charge in [0.15, 0.2) is 0 Å². The first kappa shape index (κ1) is 23.3. The van der Waals surface area contributed by atoms with E-state index >= 15 is 0 Å². The summed E-state index contributed by atoms with van der Waals surface area (Å²) < 4.78 is 0.